The Labute approximate surface area is 174 Å². The highest BCUT2D eigenvalue weighted by atomic mass is 15.1. The summed E-state index contributed by atoms with van der Waals surface area (Å²) in [5, 5.41) is 11.4. The molecule has 0 saturated carbocycles. The van der Waals surface area contributed by atoms with Gasteiger partial charge in [-0.3, -0.25) is 5.10 Å². The van der Waals surface area contributed by atoms with Gasteiger partial charge >= 0.3 is 0 Å². The molecule has 6 nitrogen and oxygen atoms in total. The first-order chi connectivity index (χ1) is 14.8. The number of nitrogens with one attached hydrogen (secondary N) is 2. The molecule has 0 saturated heterocycles. The average Bonchev–Trinajstić information content (AvgIpc) is 3.27. The largest absolute Gasteiger partial charge is 0.348 e. The highest BCUT2D eigenvalue weighted by Gasteiger charge is 2.15. The summed E-state index contributed by atoms with van der Waals surface area (Å²) in [5.74, 6) is 0.579. The summed E-state index contributed by atoms with van der Waals surface area (Å²) < 4.78 is 0. The first-order valence-electron chi connectivity index (χ1n) is 9.82. The molecule has 0 aliphatic rings. The topological polar surface area (TPSA) is 79.4 Å². The molecule has 2 N–H and O–H groups in total. The van der Waals surface area contributed by atoms with Crippen LogP contribution in [0.3, 0.4) is 0 Å². The van der Waals surface area contributed by atoms with E-state index in [1.165, 1.54) is 5.56 Å². The minimum Gasteiger partial charge on any atom is -0.348 e. The maximum atomic E-state index is 4.82. The van der Waals surface area contributed by atoms with Crippen LogP contribution in [0.4, 0.5) is 5.95 Å². The summed E-state index contributed by atoms with van der Waals surface area (Å²) >= 11 is 0. The molecule has 0 aliphatic carbocycles. The zero-order valence-corrected chi connectivity index (χ0v) is 16.4. The van der Waals surface area contributed by atoms with Crippen molar-refractivity contribution in [2.75, 3.05) is 5.32 Å². The van der Waals surface area contributed by atoms with Gasteiger partial charge in [0.2, 0.25) is 5.95 Å². The Morgan fingerprint density at radius 1 is 0.900 bits per heavy atom. The lowest BCUT2D eigenvalue weighted by atomic mass is 10.0. The summed E-state index contributed by atoms with van der Waals surface area (Å²) in [6.45, 7) is 2.10. The highest BCUT2D eigenvalue weighted by Crippen LogP contribution is 2.32. The molecule has 30 heavy (non-hydrogen) atoms. The van der Waals surface area contributed by atoms with Crippen LogP contribution < -0.4 is 5.32 Å². The third-order valence-electron chi connectivity index (χ3n) is 5.05. The molecule has 1 atom stereocenters. The van der Waals surface area contributed by atoms with Crippen molar-refractivity contribution in [3.8, 4) is 22.5 Å². The lowest BCUT2D eigenvalue weighted by Crippen LogP contribution is -2.09. The standard InChI is InChI=1S/C24H20N6/c1-16(17-8-4-2-5-9-17)27-24-25-13-12-21(28-24)20-14-19-15-26-30-23(19)29-22(20)18-10-6-3-7-11-18/h2-16H,1H3,(H,25,27,28)(H,26,29,30)/t16-/m0/s1. The van der Waals surface area contributed by atoms with Crippen molar-refractivity contribution in [1.29, 1.82) is 0 Å². The third-order valence-corrected chi connectivity index (χ3v) is 5.05. The quantitative estimate of drug-likeness (QED) is 0.427. The molecule has 3 aromatic heterocycles. The number of benzene rings is 2. The van der Waals surface area contributed by atoms with Crippen LogP contribution in [0.15, 0.2) is 85.2 Å². The summed E-state index contributed by atoms with van der Waals surface area (Å²) in [6, 6.07) is 24.4. The van der Waals surface area contributed by atoms with Crippen molar-refractivity contribution in [2.24, 2.45) is 0 Å². The number of rotatable bonds is 5. The van der Waals surface area contributed by atoms with Crippen molar-refractivity contribution in [3.63, 3.8) is 0 Å². The minimum absolute atomic E-state index is 0.0875. The maximum Gasteiger partial charge on any atom is 0.223 e. The summed E-state index contributed by atoms with van der Waals surface area (Å²) in [4.78, 5) is 14.0. The summed E-state index contributed by atoms with van der Waals surface area (Å²) in [6.07, 6.45) is 3.55. The number of fused-ring (bicyclic) bond motifs is 1. The van der Waals surface area contributed by atoms with Crippen molar-refractivity contribution in [3.05, 3.63) is 90.8 Å². The number of anilines is 1. The summed E-state index contributed by atoms with van der Waals surface area (Å²) in [7, 11) is 0. The Bertz CT molecular complexity index is 1280. The van der Waals surface area contributed by atoms with Crippen molar-refractivity contribution in [2.45, 2.75) is 13.0 Å². The maximum absolute atomic E-state index is 4.82. The Morgan fingerprint density at radius 2 is 1.67 bits per heavy atom. The third kappa shape index (κ3) is 3.51. The van der Waals surface area contributed by atoms with E-state index in [0.717, 1.165) is 33.5 Å². The SMILES string of the molecule is C[C@H](Nc1nccc(-c2cc3cn[nH]c3nc2-c2ccccc2)n1)c1ccccc1. The van der Waals surface area contributed by atoms with E-state index < -0.39 is 0 Å². The molecule has 0 amide bonds. The fourth-order valence-electron chi connectivity index (χ4n) is 3.49. The first-order valence-corrected chi connectivity index (χ1v) is 9.82. The van der Waals surface area contributed by atoms with Crippen LogP contribution in [0.25, 0.3) is 33.5 Å². The Hall–Kier alpha value is -4.06. The highest BCUT2D eigenvalue weighted by molar-refractivity contribution is 5.89. The van der Waals surface area contributed by atoms with Crippen LogP contribution >= 0.6 is 0 Å². The Balaban J connectivity index is 1.56. The number of hydrogen-bond donors (Lipinski definition) is 2. The molecule has 5 aromatic rings. The molecule has 0 fully saturated rings. The van der Waals surface area contributed by atoms with E-state index in [-0.39, 0.29) is 6.04 Å². The van der Waals surface area contributed by atoms with Gasteiger partial charge in [0.15, 0.2) is 5.65 Å². The monoisotopic (exact) mass is 392 g/mol. The number of H-pyrrole nitrogens is 1. The molecule has 6 heteroatoms. The van der Waals surface area contributed by atoms with E-state index in [0.29, 0.717) is 5.95 Å². The predicted octanol–water partition coefficient (Wildman–Crippen LogP) is 5.26. The van der Waals surface area contributed by atoms with Gasteiger partial charge in [-0.2, -0.15) is 5.10 Å². The number of nitrogens with zero attached hydrogens (tertiary/aromatic N) is 4. The molecule has 0 bridgehead atoms. The Morgan fingerprint density at radius 3 is 2.47 bits per heavy atom. The molecule has 2 aromatic carbocycles. The normalized spacial score (nSPS) is 12.0. The zero-order valence-electron chi connectivity index (χ0n) is 16.4. The molecule has 3 heterocycles. The van der Waals surface area contributed by atoms with Crippen LogP contribution in [0.5, 0.6) is 0 Å². The minimum atomic E-state index is 0.0875. The van der Waals surface area contributed by atoms with E-state index in [2.05, 4.69) is 45.6 Å². The van der Waals surface area contributed by atoms with Gasteiger partial charge in [-0.05, 0) is 24.6 Å². The van der Waals surface area contributed by atoms with Gasteiger partial charge in [0, 0.05) is 22.7 Å². The van der Waals surface area contributed by atoms with E-state index in [1.54, 1.807) is 12.4 Å². The second-order valence-electron chi connectivity index (χ2n) is 7.10. The van der Waals surface area contributed by atoms with E-state index in [1.807, 2.05) is 54.6 Å². The van der Waals surface area contributed by atoms with Gasteiger partial charge in [0.05, 0.1) is 23.6 Å². The van der Waals surface area contributed by atoms with Crippen molar-refractivity contribution in [1.82, 2.24) is 25.1 Å². The molecule has 146 valence electrons. The van der Waals surface area contributed by atoms with Crippen molar-refractivity contribution >= 4 is 17.0 Å². The lowest BCUT2D eigenvalue weighted by molar-refractivity contribution is 0.861. The predicted molar refractivity (Wildman–Crippen MR) is 119 cm³/mol. The van der Waals surface area contributed by atoms with Crippen LogP contribution in [-0.4, -0.2) is 25.1 Å². The van der Waals surface area contributed by atoms with Gasteiger partial charge in [-0.25, -0.2) is 15.0 Å². The van der Waals surface area contributed by atoms with Gasteiger partial charge < -0.3 is 5.32 Å². The molecular weight excluding hydrogens is 372 g/mol. The van der Waals surface area contributed by atoms with Crippen LogP contribution in [-0.2, 0) is 0 Å². The van der Waals surface area contributed by atoms with Gasteiger partial charge in [-0.15, -0.1) is 0 Å². The fraction of sp³-hybridized carbons (Fsp3) is 0.0833. The molecule has 0 radical (unpaired) electrons. The zero-order chi connectivity index (χ0) is 20.3. The van der Waals surface area contributed by atoms with Crippen molar-refractivity contribution < 1.29 is 0 Å². The molecule has 0 aliphatic heterocycles. The second-order valence-corrected chi connectivity index (χ2v) is 7.10. The van der Waals surface area contributed by atoms with E-state index in [9.17, 15) is 0 Å². The van der Waals surface area contributed by atoms with Crippen LogP contribution in [0.2, 0.25) is 0 Å². The number of hydrogen-bond acceptors (Lipinski definition) is 5. The number of aromatic amines is 1. The smallest absolute Gasteiger partial charge is 0.223 e. The van der Waals surface area contributed by atoms with Gasteiger partial charge in [-0.1, -0.05) is 60.7 Å². The Kier molecular flexibility index (Phi) is 4.65. The molecule has 5 rings (SSSR count). The van der Waals surface area contributed by atoms with Crippen LogP contribution in [0.1, 0.15) is 18.5 Å². The van der Waals surface area contributed by atoms with Gasteiger partial charge in [0.1, 0.15) is 0 Å². The van der Waals surface area contributed by atoms with E-state index >= 15 is 0 Å². The number of aromatic nitrogens is 5. The van der Waals surface area contributed by atoms with Crippen LogP contribution in [0, 0.1) is 0 Å². The number of pyridine rings is 1. The van der Waals surface area contributed by atoms with E-state index in [4.69, 9.17) is 9.97 Å². The summed E-state index contributed by atoms with van der Waals surface area (Å²) in [5.41, 5.74) is 5.55. The fourth-order valence-corrected chi connectivity index (χ4v) is 3.49. The molecule has 0 unspecified atom stereocenters. The molecule has 0 spiro atoms. The second kappa shape index (κ2) is 7.75. The first kappa shape index (κ1) is 18.0. The average molecular weight is 392 g/mol. The molecular formula is C24H20N6. The lowest BCUT2D eigenvalue weighted by Gasteiger charge is -2.15. The van der Waals surface area contributed by atoms with Gasteiger partial charge in [0.25, 0.3) is 0 Å².